The maximum Gasteiger partial charge on any atom is 0.443 e. The highest BCUT2D eigenvalue weighted by atomic mass is 32.1. The van der Waals surface area contributed by atoms with Crippen LogP contribution >= 0.6 is 11.3 Å². The molecule has 1 unspecified atom stereocenters. The summed E-state index contributed by atoms with van der Waals surface area (Å²) in [7, 11) is 0. The minimum Gasteiger partial charge on any atom is -0.489 e. The van der Waals surface area contributed by atoms with Crippen LogP contribution in [0.4, 0.5) is 18.2 Å². The topological polar surface area (TPSA) is 95.1 Å². The van der Waals surface area contributed by atoms with Gasteiger partial charge in [0.1, 0.15) is 23.4 Å². The van der Waals surface area contributed by atoms with E-state index < -0.39 is 23.1 Å². The van der Waals surface area contributed by atoms with E-state index in [0.717, 1.165) is 36.3 Å². The molecule has 2 aromatic carbocycles. The summed E-state index contributed by atoms with van der Waals surface area (Å²) in [6.45, 7) is 4.02. The molecule has 13 heteroatoms. The molecule has 42 heavy (non-hydrogen) atoms. The molecule has 1 N–H and O–H groups in total. The van der Waals surface area contributed by atoms with Gasteiger partial charge in [0.15, 0.2) is 5.01 Å². The zero-order valence-corrected chi connectivity index (χ0v) is 23.3. The number of amides is 3. The Morgan fingerprint density at radius 2 is 1.74 bits per heavy atom. The van der Waals surface area contributed by atoms with Gasteiger partial charge in [-0.1, -0.05) is 41.7 Å². The molecule has 2 fully saturated rings. The van der Waals surface area contributed by atoms with Crippen molar-refractivity contribution in [3.05, 3.63) is 75.9 Å². The van der Waals surface area contributed by atoms with Gasteiger partial charge in [-0.2, -0.15) is 13.2 Å². The number of piperazine rings is 1. The number of nitrogens with one attached hydrogen (secondary N) is 1. The third-order valence-corrected chi connectivity index (χ3v) is 8.89. The lowest BCUT2D eigenvalue weighted by atomic mass is 10.0. The fourth-order valence-electron chi connectivity index (χ4n) is 5.52. The number of ether oxygens (including phenoxy) is 1. The first-order valence-electron chi connectivity index (χ1n) is 13.6. The van der Waals surface area contributed by atoms with Crippen LogP contribution in [0, 0.1) is 0 Å². The van der Waals surface area contributed by atoms with Gasteiger partial charge in [0, 0.05) is 50.3 Å². The fourth-order valence-corrected chi connectivity index (χ4v) is 6.36. The molecule has 3 aliphatic rings. The molecule has 0 bridgehead atoms. The van der Waals surface area contributed by atoms with Gasteiger partial charge in [-0.05, 0) is 29.7 Å². The molecule has 3 amide bonds. The monoisotopic (exact) mass is 599 g/mol. The third kappa shape index (κ3) is 5.84. The zero-order valence-electron chi connectivity index (χ0n) is 22.5. The van der Waals surface area contributed by atoms with Crippen molar-refractivity contribution in [1.82, 2.24) is 20.1 Å². The Kier molecular flexibility index (Phi) is 7.62. The van der Waals surface area contributed by atoms with E-state index in [0.29, 0.717) is 53.8 Å². The second-order valence-corrected chi connectivity index (χ2v) is 11.6. The van der Waals surface area contributed by atoms with Gasteiger partial charge in [-0.15, -0.1) is 0 Å². The molecule has 0 aliphatic carbocycles. The highest BCUT2D eigenvalue weighted by Gasteiger charge is 2.40. The number of hydrogen-bond acceptors (Lipinski definition) is 8. The van der Waals surface area contributed by atoms with Gasteiger partial charge in [-0.25, -0.2) is 4.98 Å². The number of halogens is 3. The van der Waals surface area contributed by atoms with E-state index in [-0.39, 0.29) is 24.8 Å². The predicted molar refractivity (Wildman–Crippen MR) is 148 cm³/mol. The quantitative estimate of drug-likeness (QED) is 0.413. The van der Waals surface area contributed by atoms with Crippen LogP contribution in [0.1, 0.15) is 44.9 Å². The largest absolute Gasteiger partial charge is 0.489 e. The van der Waals surface area contributed by atoms with Gasteiger partial charge < -0.3 is 14.5 Å². The summed E-state index contributed by atoms with van der Waals surface area (Å²) in [5.74, 6) is -0.429. The molecule has 9 nitrogen and oxygen atoms in total. The zero-order chi connectivity index (χ0) is 29.4. The number of aromatic nitrogens is 1. The summed E-state index contributed by atoms with van der Waals surface area (Å²) in [4.78, 5) is 46.1. The van der Waals surface area contributed by atoms with Crippen molar-refractivity contribution >= 4 is 34.1 Å². The van der Waals surface area contributed by atoms with E-state index in [1.807, 2.05) is 35.2 Å². The number of rotatable bonds is 7. The molecular weight excluding hydrogens is 571 g/mol. The number of anilines is 1. The number of carbonyl (C=O) groups excluding carboxylic acids is 3. The lowest BCUT2D eigenvalue weighted by Gasteiger charge is -2.35. The minimum absolute atomic E-state index is 0.199. The Morgan fingerprint density at radius 3 is 2.43 bits per heavy atom. The molecular formula is C29H28F3N5O4S. The fraction of sp³-hybridized carbons (Fsp3) is 0.379. The van der Waals surface area contributed by atoms with Crippen LogP contribution in [0.15, 0.2) is 48.7 Å². The number of imide groups is 1. The first-order chi connectivity index (χ1) is 20.2. The highest BCUT2D eigenvalue weighted by Crippen LogP contribution is 2.36. The second-order valence-electron chi connectivity index (χ2n) is 10.6. The summed E-state index contributed by atoms with van der Waals surface area (Å²) in [6, 6.07) is 12.7. The molecule has 3 aliphatic heterocycles. The number of thiazole rings is 1. The summed E-state index contributed by atoms with van der Waals surface area (Å²) in [6.07, 6.45) is -2.61. The molecule has 0 radical (unpaired) electrons. The standard InChI is InChI=1S/C29H28F3N5O4S/c30-29(31,32)28-33-14-25(42-28)36-12-10-35(11-13-36)15-18-4-6-19(7-5-18)17-41-23-3-1-2-20-21(23)16-37(27(20)40)22-8-9-24(38)34-26(22)39/h1-7,14,22H,8-13,15-17H2,(H,34,38,39). The predicted octanol–water partition coefficient (Wildman–Crippen LogP) is 3.82. The van der Waals surface area contributed by atoms with Crippen molar-refractivity contribution in [1.29, 1.82) is 0 Å². The lowest BCUT2D eigenvalue weighted by Crippen LogP contribution is -2.52. The van der Waals surface area contributed by atoms with E-state index in [4.69, 9.17) is 4.74 Å². The van der Waals surface area contributed by atoms with Crippen LogP contribution in [0.2, 0.25) is 0 Å². The van der Waals surface area contributed by atoms with Crippen LogP contribution in [-0.4, -0.2) is 64.7 Å². The van der Waals surface area contributed by atoms with E-state index in [9.17, 15) is 27.6 Å². The Morgan fingerprint density at radius 1 is 1.00 bits per heavy atom. The number of piperidine rings is 1. The number of hydrogen-bond donors (Lipinski definition) is 1. The van der Waals surface area contributed by atoms with Crippen molar-refractivity contribution in [2.45, 2.75) is 44.8 Å². The summed E-state index contributed by atoms with van der Waals surface area (Å²) >= 11 is 0.683. The Hall–Kier alpha value is -3.97. The SMILES string of the molecule is O=C1CCC(N2Cc3c(OCc4ccc(CN5CCN(c6cnc(C(F)(F)F)s6)CC5)cc4)cccc3C2=O)C(=O)N1. The Labute approximate surface area is 243 Å². The summed E-state index contributed by atoms with van der Waals surface area (Å²) < 4.78 is 44.7. The number of nitrogens with zero attached hydrogens (tertiary/aromatic N) is 4. The third-order valence-electron chi connectivity index (χ3n) is 7.78. The maximum absolute atomic E-state index is 13.0. The lowest BCUT2D eigenvalue weighted by molar-refractivity contribution is -0.138. The Bertz CT molecular complexity index is 1500. The molecule has 3 aromatic rings. The smallest absolute Gasteiger partial charge is 0.443 e. The molecule has 4 heterocycles. The van der Waals surface area contributed by atoms with Crippen LogP contribution in [0.3, 0.4) is 0 Å². The van der Waals surface area contributed by atoms with Crippen LogP contribution in [-0.2, 0) is 35.5 Å². The van der Waals surface area contributed by atoms with Gasteiger partial charge >= 0.3 is 6.18 Å². The number of carbonyl (C=O) groups is 3. The normalized spacial score (nSPS) is 19.7. The first kappa shape index (κ1) is 28.2. The van der Waals surface area contributed by atoms with Gasteiger partial charge in [0.25, 0.3) is 5.91 Å². The Balaban J connectivity index is 1.01. The maximum atomic E-state index is 13.0. The molecule has 0 saturated carbocycles. The molecule has 1 aromatic heterocycles. The number of benzene rings is 2. The van der Waals surface area contributed by atoms with E-state index in [1.165, 1.54) is 11.1 Å². The van der Waals surface area contributed by atoms with Crippen LogP contribution in [0.5, 0.6) is 5.75 Å². The van der Waals surface area contributed by atoms with Gasteiger partial charge in [0.05, 0.1) is 12.7 Å². The van der Waals surface area contributed by atoms with Crippen molar-refractivity contribution in [2.24, 2.45) is 0 Å². The van der Waals surface area contributed by atoms with Crippen LogP contribution in [0.25, 0.3) is 0 Å². The molecule has 220 valence electrons. The van der Waals surface area contributed by atoms with Crippen molar-refractivity contribution < 1.29 is 32.3 Å². The number of alkyl halides is 3. The average molecular weight is 600 g/mol. The van der Waals surface area contributed by atoms with Gasteiger partial charge in [-0.3, -0.25) is 24.6 Å². The first-order valence-corrected chi connectivity index (χ1v) is 14.4. The van der Waals surface area contributed by atoms with Crippen molar-refractivity contribution in [2.75, 3.05) is 31.1 Å². The van der Waals surface area contributed by atoms with E-state index in [2.05, 4.69) is 15.2 Å². The second kappa shape index (κ2) is 11.4. The molecule has 1 atom stereocenters. The van der Waals surface area contributed by atoms with Crippen molar-refractivity contribution in [3.63, 3.8) is 0 Å². The molecule has 0 spiro atoms. The molecule has 6 rings (SSSR count). The average Bonchev–Trinajstić information content (AvgIpc) is 3.59. The molecule has 2 saturated heterocycles. The van der Waals surface area contributed by atoms with E-state index >= 15 is 0 Å². The number of fused-ring (bicyclic) bond motifs is 1. The van der Waals surface area contributed by atoms with Gasteiger partial charge in [0.2, 0.25) is 11.8 Å². The minimum atomic E-state index is -4.42. The summed E-state index contributed by atoms with van der Waals surface area (Å²) in [5, 5.41) is 2.04. The van der Waals surface area contributed by atoms with Crippen molar-refractivity contribution in [3.8, 4) is 5.75 Å². The van der Waals surface area contributed by atoms with E-state index in [1.54, 1.807) is 12.1 Å². The van der Waals surface area contributed by atoms with Crippen LogP contribution < -0.4 is 15.0 Å². The highest BCUT2D eigenvalue weighted by molar-refractivity contribution is 7.15. The summed E-state index contributed by atoms with van der Waals surface area (Å²) in [5.41, 5.74) is 3.31.